The van der Waals surface area contributed by atoms with Gasteiger partial charge in [0, 0.05) is 50.7 Å². The molecule has 0 bridgehead atoms. The van der Waals surface area contributed by atoms with Crippen LogP contribution in [0.15, 0.2) is 72.6 Å². The van der Waals surface area contributed by atoms with Gasteiger partial charge in [-0.3, -0.25) is 14.6 Å². The minimum absolute atomic E-state index is 0.0588. The Bertz CT molecular complexity index is 1320. The summed E-state index contributed by atoms with van der Waals surface area (Å²) in [5.74, 6) is -0.723. The maximum absolute atomic E-state index is 13.3. The summed E-state index contributed by atoms with van der Waals surface area (Å²) in [6, 6.07) is 16.0. The first-order chi connectivity index (χ1) is 16.8. The number of ketones is 1. The molecule has 0 unspecified atom stereocenters. The van der Waals surface area contributed by atoms with Crippen LogP contribution in [0.4, 0.5) is 5.69 Å². The highest BCUT2D eigenvalue weighted by Gasteiger charge is 2.46. The van der Waals surface area contributed by atoms with Crippen LogP contribution in [-0.2, 0) is 22.6 Å². The Hall–Kier alpha value is -4.13. The molecule has 35 heavy (non-hydrogen) atoms. The molecule has 2 aliphatic rings. The third-order valence-electron chi connectivity index (χ3n) is 6.54. The second kappa shape index (κ2) is 8.91. The number of nitrogens with zero attached hydrogens (tertiary/aromatic N) is 3. The number of aliphatic hydroxyl groups is 1. The molecule has 0 aliphatic carbocycles. The van der Waals surface area contributed by atoms with E-state index in [0.29, 0.717) is 5.56 Å². The van der Waals surface area contributed by atoms with Crippen molar-refractivity contribution in [2.24, 2.45) is 0 Å². The summed E-state index contributed by atoms with van der Waals surface area (Å²) in [5.41, 5.74) is 4.16. The largest absolute Gasteiger partial charge is 0.507 e. The normalized spacial score (nSPS) is 20.6. The quantitative estimate of drug-likeness (QED) is 0.344. The van der Waals surface area contributed by atoms with Gasteiger partial charge in [0.1, 0.15) is 17.6 Å². The molecule has 5 rings (SSSR count). The van der Waals surface area contributed by atoms with Crippen molar-refractivity contribution in [2.45, 2.75) is 32.0 Å². The molecule has 178 valence electrons. The molecule has 2 aromatic carbocycles. The zero-order valence-electron chi connectivity index (χ0n) is 19.9. The van der Waals surface area contributed by atoms with Crippen LogP contribution < -0.4 is 9.64 Å². The summed E-state index contributed by atoms with van der Waals surface area (Å²) in [5, 5.41) is 11.4. The molecule has 0 radical (unpaired) electrons. The van der Waals surface area contributed by atoms with Crippen LogP contribution in [0.3, 0.4) is 0 Å². The highest BCUT2D eigenvalue weighted by molar-refractivity contribution is 6.46. The lowest BCUT2D eigenvalue weighted by Gasteiger charge is -2.26. The van der Waals surface area contributed by atoms with Crippen LogP contribution in [0.2, 0.25) is 0 Å². The first-order valence-corrected chi connectivity index (χ1v) is 11.6. The van der Waals surface area contributed by atoms with Gasteiger partial charge < -0.3 is 19.6 Å². The van der Waals surface area contributed by atoms with Crippen molar-refractivity contribution in [1.29, 1.82) is 0 Å². The van der Waals surface area contributed by atoms with Crippen molar-refractivity contribution >= 4 is 23.1 Å². The van der Waals surface area contributed by atoms with Crippen molar-refractivity contribution in [3.05, 3.63) is 94.8 Å². The van der Waals surface area contributed by atoms with E-state index in [1.54, 1.807) is 18.5 Å². The topological polar surface area (TPSA) is 83.0 Å². The van der Waals surface area contributed by atoms with Crippen LogP contribution >= 0.6 is 0 Å². The fourth-order valence-electron chi connectivity index (χ4n) is 4.75. The predicted molar refractivity (Wildman–Crippen MR) is 133 cm³/mol. The van der Waals surface area contributed by atoms with E-state index in [2.05, 4.69) is 4.98 Å². The molecule has 1 N–H and O–H groups in total. The number of likely N-dealkylation sites (tertiary alicyclic amines) is 1. The SMILES string of the molecule is C[C@H]1Cc2cc(/C(O)=C3\C(=O)C(=O)N(Cc4ccncc4)[C@H]3c3ccc(N(C)C)cc3)ccc2O1. The zero-order valence-corrected chi connectivity index (χ0v) is 19.9. The maximum atomic E-state index is 13.3. The fraction of sp³-hybridized carbons (Fsp3) is 0.250. The van der Waals surface area contributed by atoms with Crippen LogP contribution in [0.5, 0.6) is 5.75 Å². The second-order valence-electron chi connectivity index (χ2n) is 9.22. The van der Waals surface area contributed by atoms with Gasteiger partial charge >= 0.3 is 0 Å². The van der Waals surface area contributed by atoms with E-state index in [0.717, 1.165) is 34.5 Å². The highest BCUT2D eigenvalue weighted by atomic mass is 16.5. The summed E-state index contributed by atoms with van der Waals surface area (Å²) in [6.45, 7) is 2.21. The number of rotatable bonds is 5. The van der Waals surface area contributed by atoms with E-state index in [4.69, 9.17) is 4.74 Å². The monoisotopic (exact) mass is 469 g/mol. The third kappa shape index (κ3) is 4.14. The van der Waals surface area contributed by atoms with Crippen LogP contribution in [0.1, 0.15) is 35.2 Å². The number of pyridine rings is 1. The Morgan fingerprint density at radius 2 is 1.80 bits per heavy atom. The number of amides is 1. The molecule has 3 aromatic rings. The van der Waals surface area contributed by atoms with E-state index in [1.807, 2.05) is 74.4 Å². The molecule has 7 heteroatoms. The first kappa shape index (κ1) is 22.7. The summed E-state index contributed by atoms with van der Waals surface area (Å²) in [4.78, 5) is 34.1. The van der Waals surface area contributed by atoms with Crippen molar-refractivity contribution < 1.29 is 19.4 Å². The molecule has 3 heterocycles. The predicted octanol–water partition coefficient (Wildman–Crippen LogP) is 4.09. The van der Waals surface area contributed by atoms with Crippen LogP contribution in [0.25, 0.3) is 5.76 Å². The van der Waals surface area contributed by atoms with E-state index in [-0.39, 0.29) is 24.0 Å². The number of hydrogen-bond donors (Lipinski definition) is 1. The number of benzene rings is 2. The number of anilines is 1. The lowest BCUT2D eigenvalue weighted by atomic mass is 9.94. The van der Waals surface area contributed by atoms with Gasteiger partial charge in [0.05, 0.1) is 11.6 Å². The van der Waals surface area contributed by atoms with Gasteiger partial charge in [0.25, 0.3) is 11.7 Å². The minimum Gasteiger partial charge on any atom is -0.507 e. The van der Waals surface area contributed by atoms with Crippen LogP contribution in [-0.4, -0.2) is 46.9 Å². The van der Waals surface area contributed by atoms with Crippen molar-refractivity contribution in [1.82, 2.24) is 9.88 Å². The Kier molecular flexibility index (Phi) is 5.76. The average Bonchev–Trinajstić information content (AvgIpc) is 3.35. The summed E-state index contributed by atoms with van der Waals surface area (Å²) in [7, 11) is 3.89. The number of ether oxygens (including phenoxy) is 1. The molecular weight excluding hydrogens is 442 g/mol. The number of fused-ring (bicyclic) bond motifs is 1. The number of aromatic nitrogens is 1. The summed E-state index contributed by atoms with van der Waals surface area (Å²) < 4.78 is 5.77. The molecule has 2 aliphatic heterocycles. The van der Waals surface area contributed by atoms with Gasteiger partial charge in [-0.1, -0.05) is 12.1 Å². The first-order valence-electron chi connectivity index (χ1n) is 11.6. The van der Waals surface area contributed by atoms with Gasteiger partial charge in [-0.05, 0) is 66.1 Å². The van der Waals surface area contributed by atoms with Crippen LogP contribution in [0, 0.1) is 0 Å². The molecule has 0 spiro atoms. The van der Waals surface area contributed by atoms with Crippen molar-refractivity contribution in [2.75, 3.05) is 19.0 Å². The number of Topliss-reactive ketones (excluding diaryl/α,β-unsaturated/α-hetero) is 1. The number of hydrogen-bond acceptors (Lipinski definition) is 6. The van der Waals surface area contributed by atoms with Gasteiger partial charge in [-0.25, -0.2) is 0 Å². The molecule has 1 amide bonds. The molecule has 1 fully saturated rings. The molecule has 7 nitrogen and oxygen atoms in total. The highest BCUT2D eigenvalue weighted by Crippen LogP contribution is 2.41. The lowest BCUT2D eigenvalue weighted by molar-refractivity contribution is -0.140. The standard InChI is InChI=1S/C28H27N3O4/c1-17-14-21-15-20(6-9-23(21)35-17)26(32)24-25(19-4-7-22(8-5-19)30(2)3)31(28(34)27(24)33)16-18-10-12-29-13-11-18/h4-13,15,17,25,32H,14,16H2,1-3H3/b26-24+/t17-,25-/m0/s1. The van der Waals surface area contributed by atoms with Crippen molar-refractivity contribution in [3.8, 4) is 5.75 Å². The van der Waals surface area contributed by atoms with E-state index >= 15 is 0 Å². The van der Waals surface area contributed by atoms with E-state index < -0.39 is 17.7 Å². The number of carbonyl (C=O) groups excluding carboxylic acids is 2. The molecular formula is C28H27N3O4. The molecule has 1 aromatic heterocycles. The zero-order chi connectivity index (χ0) is 24.7. The smallest absolute Gasteiger partial charge is 0.295 e. The summed E-state index contributed by atoms with van der Waals surface area (Å²) in [6.07, 6.45) is 4.09. The average molecular weight is 470 g/mol. The van der Waals surface area contributed by atoms with Crippen molar-refractivity contribution in [3.63, 3.8) is 0 Å². The number of aliphatic hydroxyl groups excluding tert-OH is 1. The Morgan fingerprint density at radius 3 is 2.49 bits per heavy atom. The van der Waals surface area contributed by atoms with Gasteiger partial charge in [0.2, 0.25) is 0 Å². The third-order valence-corrected chi connectivity index (χ3v) is 6.54. The molecule has 2 atom stereocenters. The second-order valence-corrected chi connectivity index (χ2v) is 9.22. The maximum Gasteiger partial charge on any atom is 0.295 e. The Balaban J connectivity index is 1.62. The lowest BCUT2D eigenvalue weighted by Crippen LogP contribution is -2.29. The van der Waals surface area contributed by atoms with E-state index in [1.165, 1.54) is 4.90 Å². The van der Waals surface area contributed by atoms with Gasteiger partial charge in [-0.2, -0.15) is 0 Å². The Morgan fingerprint density at radius 1 is 1.09 bits per heavy atom. The summed E-state index contributed by atoms with van der Waals surface area (Å²) >= 11 is 0. The fourth-order valence-corrected chi connectivity index (χ4v) is 4.75. The molecule has 1 saturated heterocycles. The minimum atomic E-state index is -0.720. The van der Waals surface area contributed by atoms with Gasteiger partial charge in [-0.15, -0.1) is 0 Å². The molecule has 0 saturated carbocycles. The van der Waals surface area contributed by atoms with Gasteiger partial charge in [0.15, 0.2) is 0 Å². The Labute approximate surface area is 204 Å². The van der Waals surface area contributed by atoms with E-state index in [9.17, 15) is 14.7 Å². The number of carbonyl (C=O) groups is 2.